The predicted molar refractivity (Wildman–Crippen MR) is 187 cm³/mol. The first-order chi connectivity index (χ1) is 23.4. The van der Waals surface area contributed by atoms with Crippen LogP contribution in [-0.4, -0.2) is 99.4 Å². The van der Waals surface area contributed by atoms with E-state index in [1.165, 1.54) is 22.5 Å². The van der Waals surface area contributed by atoms with Gasteiger partial charge in [0.25, 0.3) is 11.8 Å². The van der Waals surface area contributed by atoms with Crippen molar-refractivity contribution in [1.29, 1.82) is 0 Å². The summed E-state index contributed by atoms with van der Waals surface area (Å²) >= 11 is 6.52. The fourth-order valence-corrected chi connectivity index (χ4v) is 10.2. The van der Waals surface area contributed by atoms with Crippen LogP contribution in [0.2, 0.25) is 5.02 Å². The second kappa shape index (κ2) is 13.0. The Morgan fingerprint density at radius 3 is 2.43 bits per heavy atom. The topological polar surface area (TPSA) is 133 Å². The minimum absolute atomic E-state index is 0.0169. The fourth-order valence-electron chi connectivity index (χ4n) is 8.28. The average molecular weight is 712 g/mol. The molecule has 14 heteroatoms. The Morgan fingerprint density at radius 2 is 1.76 bits per heavy atom. The fraction of sp³-hybridized carbons (Fsp3) is 0.514. The lowest BCUT2D eigenvalue weighted by molar-refractivity contribution is 0.0732. The highest BCUT2D eigenvalue weighted by Crippen LogP contribution is 2.39. The molecule has 0 spiro atoms. The van der Waals surface area contributed by atoms with E-state index in [0.29, 0.717) is 30.7 Å². The van der Waals surface area contributed by atoms with E-state index in [0.717, 1.165) is 73.1 Å². The minimum atomic E-state index is -4.00. The second-order valence-electron chi connectivity index (χ2n) is 13.8. The van der Waals surface area contributed by atoms with Crippen molar-refractivity contribution in [3.63, 3.8) is 0 Å². The first kappa shape index (κ1) is 34.0. The van der Waals surface area contributed by atoms with Crippen molar-refractivity contribution in [3.05, 3.63) is 73.1 Å². The molecule has 0 radical (unpaired) electrons. The molecule has 4 aliphatic heterocycles. The lowest BCUT2D eigenvalue weighted by atomic mass is 9.92. The summed E-state index contributed by atoms with van der Waals surface area (Å²) in [5, 5.41) is 0.930. The van der Waals surface area contributed by atoms with Crippen LogP contribution in [-0.2, 0) is 27.9 Å². The van der Waals surface area contributed by atoms with Gasteiger partial charge in [-0.05, 0) is 88.4 Å². The number of hydrogen-bond acceptors (Lipinski definition) is 9. The summed E-state index contributed by atoms with van der Waals surface area (Å²) in [4.78, 5) is 46.3. The molecule has 12 nitrogen and oxygen atoms in total. The van der Waals surface area contributed by atoms with Crippen molar-refractivity contribution in [2.75, 3.05) is 51.8 Å². The number of fused-ring (bicyclic) bond motifs is 5. The van der Waals surface area contributed by atoms with Crippen LogP contribution >= 0.6 is 11.6 Å². The third-order valence-corrected chi connectivity index (χ3v) is 12.8. The number of benzene rings is 2. The van der Waals surface area contributed by atoms with Crippen LogP contribution in [0.1, 0.15) is 68.7 Å². The molecule has 1 atom stereocenters. The van der Waals surface area contributed by atoms with Crippen LogP contribution in [0.3, 0.4) is 0 Å². The molecule has 0 unspecified atom stereocenters. The number of hydrogen-bond donors (Lipinski definition) is 1. The number of carbonyl (C=O) groups excluding carboxylic acids is 2. The first-order valence-electron chi connectivity index (χ1n) is 16.8. The number of methoxy groups -OCH3 is 1. The van der Waals surface area contributed by atoms with Crippen LogP contribution < -0.4 is 15.2 Å². The van der Waals surface area contributed by atoms with Gasteiger partial charge >= 0.3 is 15.8 Å². The number of carbonyl (C=O) groups is 2. The van der Waals surface area contributed by atoms with Crippen molar-refractivity contribution in [2.45, 2.75) is 70.6 Å². The summed E-state index contributed by atoms with van der Waals surface area (Å²) in [6, 6.07) is 6.40. The van der Waals surface area contributed by atoms with E-state index in [-0.39, 0.29) is 40.8 Å². The molecule has 262 valence electrons. The van der Waals surface area contributed by atoms with E-state index in [1.807, 2.05) is 13.8 Å². The van der Waals surface area contributed by atoms with Gasteiger partial charge in [-0.15, -0.1) is 0 Å². The first-order valence-corrected chi connectivity index (χ1v) is 18.7. The summed E-state index contributed by atoms with van der Waals surface area (Å²) in [5.41, 5.74) is 4.59. The Kier molecular flexibility index (Phi) is 9.02. The number of nitrogens with zero attached hydrogens (tertiary/aromatic N) is 4. The summed E-state index contributed by atoms with van der Waals surface area (Å²) in [5.74, 6) is -1.20. The Morgan fingerprint density at radius 1 is 1.04 bits per heavy atom. The van der Waals surface area contributed by atoms with Crippen LogP contribution in [0.4, 0.5) is 5.69 Å². The number of halogens is 1. The molecular formula is C35H42ClN5O7S. The van der Waals surface area contributed by atoms with E-state index < -0.39 is 27.6 Å². The van der Waals surface area contributed by atoms with Gasteiger partial charge in [-0.2, -0.15) is 12.7 Å². The highest BCUT2D eigenvalue weighted by Gasteiger charge is 2.46. The quantitative estimate of drug-likeness (QED) is 0.365. The molecule has 1 aromatic heterocycles. The molecule has 7 rings (SSSR count). The van der Waals surface area contributed by atoms with E-state index in [1.54, 1.807) is 12.0 Å². The SMILES string of the molecule is COC[C@H]1CN(c2cc(C)c3c4c(c(=O)oc3c2C)CN(C(=O)c2ccc(C(=O)NS(=O)(=O)N3C5CCC3CC5)cc2Cl)CC4)CCN1C. The number of nitrogens with one attached hydrogen (secondary N) is 1. The van der Waals surface area contributed by atoms with Gasteiger partial charge in [0.15, 0.2) is 0 Å². The van der Waals surface area contributed by atoms with Crippen LogP contribution in [0.25, 0.3) is 11.0 Å². The van der Waals surface area contributed by atoms with Crippen LogP contribution in [0, 0.1) is 13.8 Å². The van der Waals surface area contributed by atoms with Crippen molar-refractivity contribution in [1.82, 2.24) is 18.8 Å². The van der Waals surface area contributed by atoms with Crippen LogP contribution in [0.5, 0.6) is 0 Å². The van der Waals surface area contributed by atoms with Gasteiger partial charge in [0.1, 0.15) is 5.58 Å². The third kappa shape index (κ3) is 6.03. The molecule has 0 saturated carbocycles. The molecule has 2 amide bonds. The number of amides is 2. The average Bonchev–Trinajstić information content (AvgIpc) is 3.69. The Balaban J connectivity index is 1.10. The summed E-state index contributed by atoms with van der Waals surface area (Å²) in [6.07, 6.45) is 3.66. The van der Waals surface area contributed by atoms with Gasteiger partial charge in [0, 0.05) is 67.6 Å². The van der Waals surface area contributed by atoms with Gasteiger partial charge in [-0.3, -0.25) is 14.5 Å². The lowest BCUT2D eigenvalue weighted by Crippen LogP contribution is -2.53. The van der Waals surface area contributed by atoms with Crippen molar-refractivity contribution in [3.8, 4) is 0 Å². The number of aryl methyl sites for hydroxylation is 2. The van der Waals surface area contributed by atoms with Crippen molar-refractivity contribution < 1.29 is 27.2 Å². The maximum absolute atomic E-state index is 13.7. The number of likely N-dealkylation sites (N-methyl/N-ethyl adjacent to an activating group) is 1. The number of rotatable bonds is 7. The smallest absolute Gasteiger partial charge is 0.341 e. The molecule has 5 heterocycles. The summed E-state index contributed by atoms with van der Waals surface area (Å²) < 4.78 is 41.0. The molecular weight excluding hydrogens is 670 g/mol. The van der Waals surface area contributed by atoms with E-state index in [2.05, 4.69) is 27.6 Å². The van der Waals surface area contributed by atoms with Gasteiger partial charge < -0.3 is 19.0 Å². The van der Waals surface area contributed by atoms with Gasteiger partial charge in [0.2, 0.25) is 0 Å². The number of ether oxygens (including phenoxy) is 1. The van der Waals surface area contributed by atoms with Crippen LogP contribution in [0.15, 0.2) is 33.5 Å². The zero-order valence-corrected chi connectivity index (χ0v) is 29.8. The van der Waals surface area contributed by atoms with E-state index in [9.17, 15) is 22.8 Å². The van der Waals surface area contributed by atoms with Gasteiger partial charge in [-0.1, -0.05) is 11.6 Å². The molecule has 2 aromatic carbocycles. The Labute approximate surface area is 291 Å². The second-order valence-corrected chi connectivity index (χ2v) is 15.8. The zero-order valence-electron chi connectivity index (χ0n) is 28.3. The molecule has 0 aliphatic carbocycles. The van der Waals surface area contributed by atoms with Gasteiger partial charge in [-0.25, -0.2) is 9.52 Å². The van der Waals surface area contributed by atoms with Gasteiger partial charge in [0.05, 0.1) is 35.3 Å². The number of anilines is 1. The molecule has 2 bridgehead atoms. The maximum atomic E-state index is 13.7. The molecule has 3 fully saturated rings. The Hall–Kier alpha value is -3.49. The van der Waals surface area contributed by atoms with Crippen molar-refractivity contribution in [2.24, 2.45) is 0 Å². The van der Waals surface area contributed by atoms with E-state index >= 15 is 0 Å². The van der Waals surface area contributed by atoms with E-state index in [4.69, 9.17) is 20.8 Å². The standard InChI is InChI=1S/C35H42ClN5O7S/c1-20-15-30(39-14-13-38(3)25(17-39)19-47-4)21(2)32-31(20)26-11-12-40(18-28(26)35(44)48-32)34(43)27-10-5-22(16-29(27)36)33(42)37-49(45,46)41-23-6-7-24(41)9-8-23/h5,10,15-16,23-25H,6-9,11-14,17-19H2,1-4H3,(H,37,42)/t23?,24?,25-/m1/s1. The summed E-state index contributed by atoms with van der Waals surface area (Å²) in [6.45, 7) is 7.61. The molecule has 3 saturated heterocycles. The third-order valence-electron chi connectivity index (χ3n) is 10.9. The largest absolute Gasteiger partial charge is 0.422 e. The lowest BCUT2D eigenvalue weighted by Gasteiger charge is -2.41. The Bertz CT molecular complexity index is 2000. The van der Waals surface area contributed by atoms with Crippen molar-refractivity contribution >= 4 is 50.3 Å². The highest BCUT2D eigenvalue weighted by atomic mass is 35.5. The molecule has 4 aliphatic rings. The minimum Gasteiger partial charge on any atom is -0.422 e. The highest BCUT2D eigenvalue weighted by molar-refractivity contribution is 7.87. The molecule has 1 N–H and O–H groups in total. The normalized spacial score (nSPS) is 22.9. The molecule has 49 heavy (non-hydrogen) atoms. The predicted octanol–water partition coefficient (Wildman–Crippen LogP) is 3.63. The number of piperazine rings is 1. The zero-order chi connectivity index (χ0) is 34.8. The molecule has 3 aromatic rings. The maximum Gasteiger partial charge on any atom is 0.341 e. The monoisotopic (exact) mass is 711 g/mol. The summed E-state index contributed by atoms with van der Waals surface area (Å²) in [7, 11) is -0.181.